The van der Waals surface area contributed by atoms with Crippen LogP contribution in [0.1, 0.15) is 47.7 Å². The lowest BCUT2D eigenvalue weighted by Gasteiger charge is -2.13. The van der Waals surface area contributed by atoms with Gasteiger partial charge in [-0.2, -0.15) is 4.98 Å². The van der Waals surface area contributed by atoms with Gasteiger partial charge in [-0.05, 0) is 65.2 Å². The first kappa shape index (κ1) is 15.9. The van der Waals surface area contributed by atoms with Gasteiger partial charge in [0.2, 0.25) is 5.82 Å². The number of amides is 1. The summed E-state index contributed by atoms with van der Waals surface area (Å²) in [6.07, 6.45) is 4.73. The van der Waals surface area contributed by atoms with E-state index < -0.39 is 0 Å². The molecular formula is C16H24N6O. The van der Waals surface area contributed by atoms with Crippen LogP contribution in [0.2, 0.25) is 0 Å². The molecule has 0 aromatic carbocycles. The van der Waals surface area contributed by atoms with Gasteiger partial charge in [-0.15, -0.1) is 5.10 Å². The second kappa shape index (κ2) is 7.04. The second-order valence-electron chi connectivity index (χ2n) is 6.20. The normalized spacial score (nSPS) is 15.4. The van der Waals surface area contributed by atoms with Crippen LogP contribution in [0.5, 0.6) is 0 Å². The summed E-state index contributed by atoms with van der Waals surface area (Å²) in [5.41, 5.74) is 1.79. The predicted molar refractivity (Wildman–Crippen MR) is 87.5 cm³/mol. The molecule has 1 saturated heterocycles. The van der Waals surface area contributed by atoms with Gasteiger partial charge in [0.1, 0.15) is 0 Å². The van der Waals surface area contributed by atoms with Crippen molar-refractivity contribution in [3.05, 3.63) is 23.3 Å². The summed E-state index contributed by atoms with van der Waals surface area (Å²) in [4.78, 5) is 23.1. The standard InChI is InChI=1S/C16H24N6O/c1-12-11-13(2)22-16(18-12)19-14(20-22)15(23)17-7-3-4-8-21-9-5-6-10-21/h11H,3-10H2,1-2H3,(H,17,23). The van der Waals surface area contributed by atoms with Gasteiger partial charge in [0, 0.05) is 17.9 Å². The zero-order chi connectivity index (χ0) is 16.2. The lowest BCUT2D eigenvalue weighted by Crippen LogP contribution is -2.27. The number of nitrogens with zero attached hydrogens (tertiary/aromatic N) is 5. The van der Waals surface area contributed by atoms with Gasteiger partial charge in [-0.3, -0.25) is 4.79 Å². The minimum atomic E-state index is -0.228. The van der Waals surface area contributed by atoms with Crippen molar-refractivity contribution in [2.24, 2.45) is 0 Å². The molecule has 3 heterocycles. The Balaban J connectivity index is 1.49. The number of aryl methyl sites for hydroxylation is 2. The van der Waals surface area contributed by atoms with Gasteiger partial charge < -0.3 is 10.2 Å². The second-order valence-corrected chi connectivity index (χ2v) is 6.20. The first-order valence-electron chi connectivity index (χ1n) is 8.35. The molecule has 7 nitrogen and oxygen atoms in total. The van der Waals surface area contributed by atoms with Crippen molar-refractivity contribution in [2.45, 2.75) is 39.5 Å². The zero-order valence-electron chi connectivity index (χ0n) is 13.9. The molecule has 0 atom stereocenters. The van der Waals surface area contributed by atoms with E-state index >= 15 is 0 Å². The quantitative estimate of drug-likeness (QED) is 0.814. The number of hydrogen-bond acceptors (Lipinski definition) is 5. The van der Waals surface area contributed by atoms with E-state index in [9.17, 15) is 4.79 Å². The number of carbonyl (C=O) groups excluding carboxylic acids is 1. The number of nitrogens with one attached hydrogen (secondary N) is 1. The van der Waals surface area contributed by atoms with Crippen LogP contribution in [0.25, 0.3) is 5.78 Å². The fourth-order valence-electron chi connectivity index (χ4n) is 3.01. The molecule has 1 aliphatic rings. The molecule has 0 spiro atoms. The van der Waals surface area contributed by atoms with E-state index in [2.05, 4.69) is 25.3 Å². The molecule has 0 radical (unpaired) electrons. The average Bonchev–Trinajstić information content (AvgIpc) is 3.15. The molecule has 7 heteroatoms. The smallest absolute Gasteiger partial charge is 0.291 e. The lowest BCUT2D eigenvalue weighted by atomic mass is 10.3. The number of rotatable bonds is 6. The molecule has 1 aliphatic heterocycles. The number of likely N-dealkylation sites (tertiary alicyclic amines) is 1. The van der Waals surface area contributed by atoms with E-state index in [0.717, 1.165) is 30.8 Å². The van der Waals surface area contributed by atoms with Gasteiger partial charge in [0.15, 0.2) is 0 Å². The van der Waals surface area contributed by atoms with Crippen LogP contribution < -0.4 is 5.32 Å². The molecule has 1 amide bonds. The fourth-order valence-corrected chi connectivity index (χ4v) is 3.01. The summed E-state index contributed by atoms with van der Waals surface area (Å²) >= 11 is 0. The maximum absolute atomic E-state index is 12.1. The van der Waals surface area contributed by atoms with Crippen molar-refractivity contribution in [3.8, 4) is 0 Å². The van der Waals surface area contributed by atoms with Crippen LogP contribution in [-0.4, -0.2) is 56.6 Å². The van der Waals surface area contributed by atoms with Crippen LogP contribution in [0.4, 0.5) is 0 Å². The summed E-state index contributed by atoms with van der Waals surface area (Å²) < 4.78 is 1.61. The van der Waals surface area contributed by atoms with Crippen LogP contribution >= 0.6 is 0 Å². The summed E-state index contributed by atoms with van der Waals surface area (Å²) in [5, 5.41) is 7.13. The molecule has 124 valence electrons. The Morgan fingerprint density at radius 2 is 2.00 bits per heavy atom. The number of carbonyl (C=O) groups is 1. The molecule has 0 unspecified atom stereocenters. The first-order valence-corrected chi connectivity index (χ1v) is 8.35. The van der Waals surface area contributed by atoms with E-state index in [-0.39, 0.29) is 11.7 Å². The Bertz CT molecular complexity index is 689. The first-order chi connectivity index (χ1) is 11.1. The Hall–Kier alpha value is -2.02. The third kappa shape index (κ3) is 3.85. The molecular weight excluding hydrogens is 292 g/mol. The Morgan fingerprint density at radius 1 is 1.22 bits per heavy atom. The van der Waals surface area contributed by atoms with Crippen molar-refractivity contribution >= 4 is 11.7 Å². The molecule has 1 fully saturated rings. The highest BCUT2D eigenvalue weighted by Gasteiger charge is 2.15. The SMILES string of the molecule is Cc1cc(C)n2nc(C(=O)NCCCCN3CCCC3)nc2n1. The Kier molecular flexibility index (Phi) is 4.85. The van der Waals surface area contributed by atoms with Crippen LogP contribution in [0.15, 0.2) is 6.07 Å². The van der Waals surface area contributed by atoms with Gasteiger partial charge in [0.05, 0.1) is 0 Å². The van der Waals surface area contributed by atoms with Gasteiger partial charge in [0.25, 0.3) is 11.7 Å². The van der Waals surface area contributed by atoms with Gasteiger partial charge >= 0.3 is 0 Å². The molecule has 0 saturated carbocycles. The summed E-state index contributed by atoms with van der Waals surface area (Å²) in [5.74, 6) is 0.432. The van der Waals surface area contributed by atoms with E-state index in [1.165, 1.54) is 25.9 Å². The molecule has 2 aromatic rings. The summed E-state index contributed by atoms with van der Waals surface area (Å²) in [7, 11) is 0. The summed E-state index contributed by atoms with van der Waals surface area (Å²) in [6.45, 7) is 8.07. The third-order valence-corrected chi connectivity index (χ3v) is 4.21. The maximum Gasteiger partial charge on any atom is 0.291 e. The highest BCUT2D eigenvalue weighted by molar-refractivity contribution is 5.90. The highest BCUT2D eigenvalue weighted by atomic mass is 16.2. The van der Waals surface area contributed by atoms with Gasteiger partial charge in [-0.1, -0.05) is 0 Å². The number of hydrogen-bond donors (Lipinski definition) is 1. The van der Waals surface area contributed by atoms with Crippen LogP contribution in [0, 0.1) is 13.8 Å². The minimum absolute atomic E-state index is 0.186. The van der Waals surface area contributed by atoms with Crippen LogP contribution in [-0.2, 0) is 0 Å². The predicted octanol–water partition coefficient (Wildman–Crippen LogP) is 1.35. The van der Waals surface area contributed by atoms with Crippen molar-refractivity contribution < 1.29 is 4.79 Å². The molecule has 0 aliphatic carbocycles. The average molecular weight is 316 g/mol. The molecule has 2 aromatic heterocycles. The number of unbranched alkanes of at least 4 members (excludes halogenated alkanes) is 1. The van der Waals surface area contributed by atoms with Crippen LogP contribution in [0.3, 0.4) is 0 Å². The lowest BCUT2D eigenvalue weighted by molar-refractivity contribution is 0.0942. The maximum atomic E-state index is 12.1. The summed E-state index contributed by atoms with van der Waals surface area (Å²) in [6, 6.07) is 1.92. The fraction of sp³-hybridized carbons (Fsp3) is 0.625. The topological polar surface area (TPSA) is 75.4 Å². The van der Waals surface area contributed by atoms with E-state index in [0.29, 0.717) is 12.3 Å². The third-order valence-electron chi connectivity index (χ3n) is 4.21. The molecule has 0 bridgehead atoms. The number of aromatic nitrogens is 4. The monoisotopic (exact) mass is 316 g/mol. The van der Waals surface area contributed by atoms with E-state index in [1.54, 1.807) is 4.52 Å². The van der Waals surface area contributed by atoms with Crippen molar-refractivity contribution in [3.63, 3.8) is 0 Å². The largest absolute Gasteiger partial charge is 0.349 e. The number of fused-ring (bicyclic) bond motifs is 1. The Morgan fingerprint density at radius 3 is 2.78 bits per heavy atom. The van der Waals surface area contributed by atoms with E-state index in [1.807, 2.05) is 19.9 Å². The molecule has 1 N–H and O–H groups in total. The van der Waals surface area contributed by atoms with Gasteiger partial charge in [-0.25, -0.2) is 9.50 Å². The van der Waals surface area contributed by atoms with E-state index in [4.69, 9.17) is 0 Å². The highest BCUT2D eigenvalue weighted by Crippen LogP contribution is 2.08. The Labute approximate surface area is 136 Å². The van der Waals surface area contributed by atoms with Crippen molar-refractivity contribution in [2.75, 3.05) is 26.2 Å². The zero-order valence-corrected chi connectivity index (χ0v) is 13.9. The van der Waals surface area contributed by atoms with Crippen molar-refractivity contribution in [1.82, 2.24) is 29.8 Å². The molecule has 3 rings (SSSR count). The van der Waals surface area contributed by atoms with Crippen molar-refractivity contribution in [1.29, 1.82) is 0 Å². The molecule has 23 heavy (non-hydrogen) atoms. The minimum Gasteiger partial charge on any atom is -0.349 e.